The molecule has 4 nitrogen and oxygen atoms in total. The highest BCUT2D eigenvalue weighted by Gasteiger charge is 2.26. The number of allylic oxidation sites excluding steroid dienone is 1. The van der Waals surface area contributed by atoms with Gasteiger partial charge in [-0.25, -0.2) is 4.79 Å². The Morgan fingerprint density at radius 3 is 2.54 bits per heavy atom. The number of carboxylic acid groups (broad SMARTS) is 1. The van der Waals surface area contributed by atoms with Crippen molar-refractivity contribution in [2.24, 2.45) is 5.41 Å². The van der Waals surface area contributed by atoms with Crippen LogP contribution in [0.3, 0.4) is 0 Å². The molecule has 4 heteroatoms. The van der Waals surface area contributed by atoms with Crippen molar-refractivity contribution in [1.29, 1.82) is 0 Å². The summed E-state index contributed by atoms with van der Waals surface area (Å²) in [5.74, 6) is -0.644. The van der Waals surface area contributed by atoms with Crippen molar-refractivity contribution in [2.45, 2.75) is 85.5 Å². The molecule has 0 aromatic heterocycles. The van der Waals surface area contributed by atoms with Gasteiger partial charge >= 0.3 is 5.97 Å². The van der Waals surface area contributed by atoms with Gasteiger partial charge in [0.2, 0.25) is 0 Å². The first-order valence-corrected chi connectivity index (χ1v) is 10.6. The molecule has 1 aromatic rings. The van der Waals surface area contributed by atoms with Gasteiger partial charge in [-0.2, -0.15) is 0 Å². The van der Waals surface area contributed by atoms with E-state index in [1.165, 1.54) is 30.1 Å². The van der Waals surface area contributed by atoms with Crippen molar-refractivity contribution < 1.29 is 19.7 Å². The Morgan fingerprint density at radius 2 is 1.89 bits per heavy atom. The molecule has 0 saturated heterocycles. The fraction of sp³-hybridized carbons (Fsp3) is 0.625. The van der Waals surface area contributed by atoms with E-state index in [-0.39, 0.29) is 17.1 Å². The first-order chi connectivity index (χ1) is 13.2. The number of aryl methyl sites for hydroxylation is 1. The SMILES string of the molecule is CCCCCCCc1cc(O)cc(OCC2=C(C)CC(C)(C)CC2)c1C(=O)O. The van der Waals surface area contributed by atoms with E-state index in [2.05, 4.69) is 27.7 Å². The smallest absolute Gasteiger partial charge is 0.339 e. The highest BCUT2D eigenvalue weighted by Crippen LogP contribution is 2.39. The van der Waals surface area contributed by atoms with Gasteiger partial charge < -0.3 is 14.9 Å². The molecule has 156 valence electrons. The molecule has 0 unspecified atom stereocenters. The zero-order valence-corrected chi connectivity index (χ0v) is 17.9. The Bertz CT molecular complexity index is 716. The topological polar surface area (TPSA) is 66.8 Å². The molecule has 0 bridgehead atoms. The lowest BCUT2D eigenvalue weighted by Crippen LogP contribution is -2.20. The highest BCUT2D eigenvalue weighted by atomic mass is 16.5. The third-order valence-electron chi connectivity index (χ3n) is 5.78. The lowest BCUT2D eigenvalue weighted by Gasteiger charge is -2.32. The molecule has 1 aliphatic rings. The van der Waals surface area contributed by atoms with Crippen LogP contribution in [0.5, 0.6) is 11.5 Å². The standard InChI is InChI=1S/C24H36O4/c1-5-6-7-8-9-10-18-13-20(25)14-21(22(18)23(26)27)28-16-19-11-12-24(3,4)15-17(19)2/h13-14,25H,5-12,15-16H2,1-4H3,(H,26,27). The highest BCUT2D eigenvalue weighted by molar-refractivity contribution is 5.93. The van der Waals surface area contributed by atoms with Gasteiger partial charge in [0.05, 0.1) is 0 Å². The summed E-state index contributed by atoms with van der Waals surface area (Å²) in [6, 6.07) is 3.01. The summed E-state index contributed by atoms with van der Waals surface area (Å²) in [5.41, 5.74) is 3.76. The number of phenols is 1. The van der Waals surface area contributed by atoms with Gasteiger partial charge in [0.1, 0.15) is 23.7 Å². The molecule has 0 fully saturated rings. The van der Waals surface area contributed by atoms with Crippen LogP contribution in [0.1, 0.15) is 95.0 Å². The Balaban J connectivity index is 2.14. The lowest BCUT2D eigenvalue weighted by molar-refractivity contribution is 0.0691. The Labute approximate surface area is 169 Å². The summed E-state index contributed by atoms with van der Waals surface area (Å²) >= 11 is 0. The number of rotatable bonds is 10. The third kappa shape index (κ3) is 6.29. The molecule has 0 aliphatic heterocycles. The largest absolute Gasteiger partial charge is 0.508 e. The van der Waals surface area contributed by atoms with E-state index in [1.54, 1.807) is 6.07 Å². The van der Waals surface area contributed by atoms with Crippen molar-refractivity contribution in [1.82, 2.24) is 0 Å². The number of benzene rings is 1. The first kappa shape index (κ1) is 22.3. The van der Waals surface area contributed by atoms with Gasteiger partial charge in [-0.15, -0.1) is 0 Å². The number of hydrogen-bond acceptors (Lipinski definition) is 3. The molecule has 0 radical (unpaired) electrons. The molecule has 0 heterocycles. The summed E-state index contributed by atoms with van der Waals surface area (Å²) in [6.45, 7) is 9.26. The van der Waals surface area contributed by atoms with Crippen LogP contribution in [0.4, 0.5) is 0 Å². The van der Waals surface area contributed by atoms with Crippen LogP contribution in [0.15, 0.2) is 23.3 Å². The average Bonchev–Trinajstić information content (AvgIpc) is 2.59. The average molecular weight is 389 g/mol. The second kappa shape index (κ2) is 9.99. The van der Waals surface area contributed by atoms with Crippen LogP contribution in [0.25, 0.3) is 0 Å². The second-order valence-electron chi connectivity index (χ2n) is 8.96. The number of carboxylic acids is 1. The van der Waals surface area contributed by atoms with E-state index in [4.69, 9.17) is 4.74 Å². The van der Waals surface area contributed by atoms with Crippen molar-refractivity contribution >= 4 is 5.97 Å². The summed E-state index contributed by atoms with van der Waals surface area (Å²) in [6.07, 6.45) is 9.30. The van der Waals surface area contributed by atoms with Crippen LogP contribution in [-0.2, 0) is 6.42 Å². The molecule has 1 aliphatic carbocycles. The summed E-state index contributed by atoms with van der Waals surface area (Å²) < 4.78 is 5.94. The Hall–Kier alpha value is -1.97. The van der Waals surface area contributed by atoms with Crippen molar-refractivity contribution in [3.05, 3.63) is 34.4 Å². The quantitative estimate of drug-likeness (QED) is 0.354. The maximum absolute atomic E-state index is 11.9. The normalized spacial score (nSPS) is 16.3. The van der Waals surface area contributed by atoms with Crippen LogP contribution < -0.4 is 4.74 Å². The summed E-state index contributed by atoms with van der Waals surface area (Å²) in [4.78, 5) is 11.9. The summed E-state index contributed by atoms with van der Waals surface area (Å²) in [7, 11) is 0. The van der Waals surface area contributed by atoms with Gasteiger partial charge in [-0.3, -0.25) is 0 Å². The molecule has 0 spiro atoms. The molecule has 1 aromatic carbocycles. The van der Waals surface area contributed by atoms with Gasteiger partial charge in [0.25, 0.3) is 0 Å². The minimum Gasteiger partial charge on any atom is -0.508 e. The van der Waals surface area contributed by atoms with Gasteiger partial charge in [-0.1, -0.05) is 52.0 Å². The van der Waals surface area contributed by atoms with Crippen LogP contribution >= 0.6 is 0 Å². The van der Waals surface area contributed by atoms with E-state index in [0.717, 1.165) is 38.5 Å². The predicted molar refractivity (Wildman–Crippen MR) is 113 cm³/mol. The number of carbonyl (C=O) groups is 1. The van der Waals surface area contributed by atoms with Crippen molar-refractivity contribution in [2.75, 3.05) is 6.61 Å². The summed E-state index contributed by atoms with van der Waals surface area (Å²) in [5, 5.41) is 19.9. The minimum atomic E-state index is -0.992. The molecular formula is C24H36O4. The van der Waals surface area contributed by atoms with Crippen molar-refractivity contribution in [3.8, 4) is 11.5 Å². The monoisotopic (exact) mass is 388 g/mol. The third-order valence-corrected chi connectivity index (χ3v) is 5.78. The van der Waals surface area contributed by atoms with Crippen LogP contribution in [0, 0.1) is 5.41 Å². The van der Waals surface area contributed by atoms with E-state index >= 15 is 0 Å². The fourth-order valence-electron chi connectivity index (χ4n) is 4.12. The molecular weight excluding hydrogens is 352 g/mol. The number of hydrogen-bond donors (Lipinski definition) is 2. The second-order valence-corrected chi connectivity index (χ2v) is 8.96. The van der Waals surface area contributed by atoms with Crippen molar-refractivity contribution in [3.63, 3.8) is 0 Å². The number of aromatic carboxylic acids is 1. The van der Waals surface area contributed by atoms with Gasteiger partial charge in [-0.05, 0) is 61.6 Å². The predicted octanol–water partition coefficient (Wildman–Crippen LogP) is 6.51. The molecule has 2 rings (SSSR count). The van der Waals surface area contributed by atoms with E-state index < -0.39 is 5.97 Å². The fourth-order valence-corrected chi connectivity index (χ4v) is 4.12. The van der Waals surface area contributed by atoms with Crippen LogP contribution in [0.2, 0.25) is 0 Å². The van der Waals surface area contributed by atoms with E-state index in [1.807, 2.05) is 0 Å². The molecule has 2 N–H and O–H groups in total. The van der Waals surface area contributed by atoms with Crippen LogP contribution in [-0.4, -0.2) is 22.8 Å². The maximum Gasteiger partial charge on any atom is 0.339 e. The molecule has 0 amide bonds. The Kier molecular flexibility index (Phi) is 7.97. The first-order valence-electron chi connectivity index (χ1n) is 10.6. The number of ether oxygens (including phenoxy) is 1. The van der Waals surface area contributed by atoms with E-state index in [0.29, 0.717) is 24.0 Å². The minimum absolute atomic E-state index is 0.0686. The number of aromatic hydroxyl groups is 1. The Morgan fingerprint density at radius 1 is 1.18 bits per heavy atom. The number of unbranched alkanes of at least 4 members (excludes halogenated alkanes) is 4. The van der Waals surface area contributed by atoms with Gasteiger partial charge in [0.15, 0.2) is 0 Å². The van der Waals surface area contributed by atoms with E-state index in [9.17, 15) is 15.0 Å². The lowest BCUT2D eigenvalue weighted by atomic mass is 9.75. The zero-order chi connectivity index (χ0) is 20.7. The number of phenolic OH excluding ortho intramolecular Hbond substituents is 1. The zero-order valence-electron chi connectivity index (χ0n) is 17.9. The maximum atomic E-state index is 11.9. The molecule has 28 heavy (non-hydrogen) atoms. The van der Waals surface area contributed by atoms with Gasteiger partial charge in [0, 0.05) is 6.07 Å². The molecule has 0 atom stereocenters. The molecule has 0 saturated carbocycles.